The summed E-state index contributed by atoms with van der Waals surface area (Å²) in [6.07, 6.45) is -63.9. The second-order valence-electron chi connectivity index (χ2n) is 38.8. The number of aliphatic hydroxyl groups excluding tert-OH is 22. The summed E-state index contributed by atoms with van der Waals surface area (Å²) in [4.78, 5) is 16.4. The lowest BCUT2D eigenvalue weighted by atomic mass is 9.33. The summed E-state index contributed by atoms with van der Waals surface area (Å²) in [7, 11) is 0. The molecule has 43 heteroatoms. The normalized spacial score (nSPS) is 55.6. The molecule has 0 aromatic rings. The highest BCUT2D eigenvalue weighted by Crippen LogP contribution is 2.76. The van der Waals surface area contributed by atoms with Crippen molar-refractivity contribution in [3.63, 3.8) is 0 Å². The van der Waals surface area contributed by atoms with Crippen LogP contribution in [0.25, 0.3) is 0 Å². The lowest BCUT2D eigenvalue weighted by Gasteiger charge is -2.72. The van der Waals surface area contributed by atoms with Crippen molar-refractivity contribution < 1.29 is 213 Å². The highest BCUT2D eigenvalue weighted by atomic mass is 16.8. The Balaban J connectivity index is 0.724. The number of carbonyl (C=O) groups excluding carboxylic acids is 1. The predicted octanol–water partition coefficient (Wildman–Crippen LogP) is -9.33. The standard InChI is InChI=1S/C80H130O43/c1-29-41(89)46(94)48(96)65(110-29)116-54-36(88)23-107-64(49(54)97)115-53-31(3)112-66(52(100)58(53)119-63-47(95)43(91)35(87)22-106-63)121-59-57(120-71-61(102)80(105,26-85)28-109-71)42(90)30(2)111-69(59)123-72(103)78-16-14-73(4,5)18-33(78)32-10-11-40-74(6)19-34(86)62(75(7,24-83)39(74)12-13-77(40,9)76(32,8)15-17-78)122-68-51(99)55(44(92)38(21-82)114-68)117-67-50(98)56(45(93)37(20-81)113-67)118-70-60(101)79(104,25-84)27-108-70/h10,29-31,33-71,81-102,104-105H,11-28H2,1-9H3/t29-,30+,31-,33-,34-,35+,36+,37+,38+,39+,40+,41-,42+,43-,44+,45+,46+,47+,48+,49+,50+,51+,52+,53-,54-,55-,56-,57-,58-,59+,60-,61-,62-,63-,64-,65-,66-,67-,68-,69-,70-,71-,74-,75-,76+,77+,78-,79+,80+/m0/s1. The van der Waals surface area contributed by atoms with Gasteiger partial charge in [-0.05, 0) is 118 Å². The van der Waals surface area contributed by atoms with Gasteiger partial charge < -0.3 is 208 Å². The minimum atomic E-state index is -2.29. The van der Waals surface area contributed by atoms with Crippen molar-refractivity contribution in [3.8, 4) is 0 Å². The van der Waals surface area contributed by atoms with Crippen LogP contribution in [0, 0.1) is 50.2 Å². The number of ether oxygens (including phenoxy) is 18. The van der Waals surface area contributed by atoms with Crippen LogP contribution in [-0.4, -0.2) is 439 Å². The van der Waals surface area contributed by atoms with Gasteiger partial charge in [-0.25, -0.2) is 0 Å². The predicted molar refractivity (Wildman–Crippen MR) is 401 cm³/mol. The zero-order valence-electron chi connectivity index (χ0n) is 70.0. The highest BCUT2D eigenvalue weighted by molar-refractivity contribution is 5.79. The molecule has 0 aromatic carbocycles. The third-order valence-corrected chi connectivity index (χ3v) is 30.6. The molecule has 0 radical (unpaired) electrons. The highest BCUT2D eigenvalue weighted by Gasteiger charge is 2.73. The fourth-order valence-electron chi connectivity index (χ4n) is 22.8. The first-order chi connectivity index (χ1) is 57.8. The Bertz CT molecular complexity index is 3600. The summed E-state index contributed by atoms with van der Waals surface area (Å²) in [5.74, 6) is -1.97. The molecule has 49 atom stereocenters. The van der Waals surface area contributed by atoms with Gasteiger partial charge in [-0.15, -0.1) is 0 Å². The van der Waals surface area contributed by atoms with Gasteiger partial charge in [0.2, 0.25) is 6.29 Å². The summed E-state index contributed by atoms with van der Waals surface area (Å²) in [5.41, 5.74) is -8.63. The van der Waals surface area contributed by atoms with E-state index in [1.165, 1.54) is 20.8 Å². The van der Waals surface area contributed by atoms with Crippen molar-refractivity contribution in [2.24, 2.45) is 50.2 Å². The van der Waals surface area contributed by atoms with Crippen LogP contribution in [0.1, 0.15) is 120 Å². The smallest absolute Gasteiger partial charge is 0.315 e. The van der Waals surface area contributed by atoms with Gasteiger partial charge in [0, 0.05) is 5.41 Å². The molecule has 9 aliphatic heterocycles. The Morgan fingerprint density at radius 2 is 0.870 bits per heavy atom. The molecule has 0 unspecified atom stereocenters. The summed E-state index contributed by atoms with van der Waals surface area (Å²) in [6.45, 7) is 9.80. The molecule has 0 spiro atoms. The van der Waals surface area contributed by atoms with E-state index >= 15 is 4.79 Å². The van der Waals surface area contributed by atoms with E-state index in [1.54, 1.807) is 6.92 Å². The number of esters is 1. The summed E-state index contributed by atoms with van der Waals surface area (Å²) >= 11 is 0. The van der Waals surface area contributed by atoms with E-state index in [9.17, 15) is 123 Å². The maximum atomic E-state index is 16.4. The average Bonchev–Trinajstić information content (AvgIpc) is 0.929. The Kier molecular flexibility index (Phi) is 28.7. The zero-order chi connectivity index (χ0) is 89.6. The van der Waals surface area contributed by atoms with Gasteiger partial charge in [-0.3, -0.25) is 4.79 Å². The van der Waals surface area contributed by atoms with Crippen molar-refractivity contribution in [2.75, 3.05) is 59.5 Å². The van der Waals surface area contributed by atoms with Gasteiger partial charge in [-0.1, -0.05) is 53.2 Å². The first-order valence-corrected chi connectivity index (χ1v) is 42.7. The maximum absolute atomic E-state index is 16.4. The Morgan fingerprint density at radius 1 is 0.407 bits per heavy atom. The van der Waals surface area contributed by atoms with Crippen molar-refractivity contribution in [3.05, 3.63) is 11.6 Å². The van der Waals surface area contributed by atoms with Crippen LogP contribution < -0.4 is 0 Å². The van der Waals surface area contributed by atoms with E-state index in [0.717, 1.165) is 5.57 Å². The molecule has 24 N–H and O–H groups in total. The molecule has 5 aliphatic carbocycles. The van der Waals surface area contributed by atoms with Gasteiger partial charge in [0.25, 0.3) is 0 Å². The fourth-order valence-corrected chi connectivity index (χ4v) is 22.8. The van der Waals surface area contributed by atoms with Gasteiger partial charge in [0.15, 0.2) is 56.4 Å². The van der Waals surface area contributed by atoms with E-state index in [2.05, 4.69) is 40.7 Å². The lowest BCUT2D eigenvalue weighted by molar-refractivity contribution is -0.399. The number of fused-ring (bicyclic) bond motifs is 7. The monoisotopic (exact) mass is 1780 g/mol. The molecular weight excluding hydrogens is 1650 g/mol. The van der Waals surface area contributed by atoms with Gasteiger partial charge in [-0.2, -0.15) is 0 Å². The van der Waals surface area contributed by atoms with Crippen molar-refractivity contribution in [1.29, 1.82) is 0 Å². The van der Waals surface area contributed by atoms with Gasteiger partial charge in [0.05, 0.1) is 95.4 Å². The molecule has 14 rings (SSSR count). The van der Waals surface area contributed by atoms with Crippen LogP contribution in [0.15, 0.2) is 11.6 Å². The SMILES string of the molecule is C[C@@H]1O[C@@H](O[C@@H]2[C@@H](O)[C@H](O[C@@H]3[C@@H](O[C@@H]4OC[C@@H](O)[C@H](O)[C@H]4O)[C@@H](O)[C@H](O[C@H]4[C@H](OC(=O)[C@]56CCC(C)(C)C[C@H]5C5=CC[C@@H]7[C@@]8(C)C[C@H](O)[C@H](O[C@@H]9O[C@H](CO)[C@@H](O)[C@H](O[C@@H]%10O[C@H](CO)[C@@H](O)[C@H](O[C@@H]%11OC[C@](O)(CO)[C@H]%11O)[C@H]%10O)[C@H]9O)[C@@](C)(CO)[C@@H]8CC[C@@]7(C)[C@]5(C)CC6)O[C@H](C)[C@@H](O)[C@@H]4O[C@@H]4OC[C@](O)(CO)[C@H]4O)O[C@H]3C)OC[C@H]2O)[C@H](O)[C@H](O)[C@H]1O. The quantitative estimate of drug-likeness (QED) is 0.0257. The number of rotatable bonds is 23. The minimum Gasteiger partial charge on any atom is -0.432 e. The molecule has 14 aliphatic rings. The average molecular weight is 1780 g/mol. The number of aliphatic hydroxyl groups is 24. The summed E-state index contributed by atoms with van der Waals surface area (Å²) in [5, 5.41) is 269. The Morgan fingerprint density at radius 3 is 1.46 bits per heavy atom. The zero-order valence-corrected chi connectivity index (χ0v) is 70.0. The molecule has 9 saturated heterocycles. The molecule has 13 fully saturated rings. The lowest BCUT2D eigenvalue weighted by Crippen LogP contribution is -2.70. The van der Waals surface area contributed by atoms with Crippen LogP contribution in [0.5, 0.6) is 0 Å². The minimum absolute atomic E-state index is 0.0720. The Labute approximate surface area is 708 Å². The molecule has 9 heterocycles. The van der Waals surface area contributed by atoms with E-state index in [1.807, 2.05) is 0 Å². The molecule has 0 amide bonds. The van der Waals surface area contributed by atoms with E-state index in [4.69, 9.17) is 85.3 Å². The van der Waals surface area contributed by atoms with E-state index in [-0.39, 0.29) is 30.6 Å². The Hall–Kier alpha value is -2.43. The van der Waals surface area contributed by atoms with Crippen LogP contribution >= 0.6 is 0 Å². The molecule has 0 bridgehead atoms. The summed E-state index contributed by atoms with van der Waals surface area (Å²) in [6, 6.07) is 0. The largest absolute Gasteiger partial charge is 0.432 e. The van der Waals surface area contributed by atoms with Crippen LogP contribution in [0.2, 0.25) is 0 Å². The number of hydrogen-bond donors (Lipinski definition) is 24. The number of carbonyl (C=O) groups is 1. The molecule has 708 valence electrons. The van der Waals surface area contributed by atoms with Crippen molar-refractivity contribution >= 4 is 5.97 Å². The second-order valence-corrected chi connectivity index (χ2v) is 38.8. The van der Waals surface area contributed by atoms with E-state index in [0.29, 0.717) is 38.5 Å². The fraction of sp³-hybridized carbons (Fsp3) is 0.963. The van der Waals surface area contributed by atoms with E-state index < -0.39 is 355 Å². The van der Waals surface area contributed by atoms with Gasteiger partial charge in [0.1, 0.15) is 158 Å². The number of hydrogen-bond acceptors (Lipinski definition) is 43. The first-order valence-electron chi connectivity index (χ1n) is 42.7. The van der Waals surface area contributed by atoms with Crippen LogP contribution in [0.4, 0.5) is 0 Å². The molecule has 123 heavy (non-hydrogen) atoms. The van der Waals surface area contributed by atoms with Crippen molar-refractivity contribution in [2.45, 2.75) is 371 Å². The molecular formula is C80H130O43. The molecule has 43 nitrogen and oxygen atoms in total. The topological polar surface area (TPSA) is 669 Å². The maximum Gasteiger partial charge on any atom is 0.315 e. The van der Waals surface area contributed by atoms with Crippen LogP contribution in [-0.2, 0) is 90.1 Å². The summed E-state index contributed by atoms with van der Waals surface area (Å²) < 4.78 is 109. The first kappa shape index (κ1) is 96.6. The number of allylic oxidation sites excluding steroid dienone is 2. The molecule has 0 aromatic heterocycles. The van der Waals surface area contributed by atoms with Crippen molar-refractivity contribution in [1.82, 2.24) is 0 Å². The van der Waals surface area contributed by atoms with Gasteiger partial charge >= 0.3 is 5.97 Å². The molecule has 4 saturated carbocycles. The third kappa shape index (κ3) is 16.9. The second kappa shape index (κ2) is 36.5. The van der Waals surface area contributed by atoms with Crippen LogP contribution in [0.3, 0.4) is 0 Å². The third-order valence-electron chi connectivity index (χ3n) is 30.6.